The molecule has 0 unspecified atom stereocenters. The Balaban J connectivity index is 2.55. The van der Waals surface area contributed by atoms with E-state index in [1.165, 1.54) is 16.7 Å². The Hall–Kier alpha value is -0.350. The van der Waals surface area contributed by atoms with Gasteiger partial charge in [-0.15, -0.1) is 0 Å². The average Bonchev–Trinajstić information content (AvgIpc) is 2.55. The first-order valence-corrected chi connectivity index (χ1v) is 8.20. The highest BCUT2D eigenvalue weighted by molar-refractivity contribution is 7.90. The van der Waals surface area contributed by atoms with Gasteiger partial charge >= 0.3 is 0 Å². The molecule has 0 spiro atoms. The molecule has 0 aliphatic carbocycles. The number of hydrogen-bond donors (Lipinski definition) is 0. The van der Waals surface area contributed by atoms with Gasteiger partial charge in [-0.2, -0.15) is 0 Å². The standard InChI is InChI=1S/C14H22P/c1-9-7-10(2)14(11(3)8-9)15(6)12(4)13(15)5/h7-8,12-13H,1-6H3/q+1/t12-,13-/m1/s1. The van der Waals surface area contributed by atoms with Crippen molar-refractivity contribution in [2.75, 3.05) is 6.66 Å². The molecule has 15 heavy (non-hydrogen) atoms. The maximum Gasteiger partial charge on any atom is 0.108 e. The minimum absolute atomic E-state index is 0.795. The summed E-state index contributed by atoms with van der Waals surface area (Å²) in [7, 11) is -0.795. The van der Waals surface area contributed by atoms with Crippen LogP contribution in [-0.2, 0) is 0 Å². The summed E-state index contributed by atoms with van der Waals surface area (Å²) in [5, 5.41) is 1.72. The molecule has 0 N–H and O–H groups in total. The van der Waals surface area contributed by atoms with E-state index < -0.39 is 7.26 Å². The fourth-order valence-electron chi connectivity index (χ4n) is 3.21. The zero-order valence-electron chi connectivity index (χ0n) is 10.8. The van der Waals surface area contributed by atoms with Crippen LogP contribution < -0.4 is 5.30 Å². The van der Waals surface area contributed by atoms with Crippen LogP contribution in [-0.4, -0.2) is 18.0 Å². The van der Waals surface area contributed by atoms with Crippen LogP contribution in [0.2, 0.25) is 0 Å². The fourth-order valence-corrected chi connectivity index (χ4v) is 8.01. The lowest BCUT2D eigenvalue weighted by atomic mass is 10.1. The summed E-state index contributed by atoms with van der Waals surface area (Å²) < 4.78 is 0. The summed E-state index contributed by atoms with van der Waals surface area (Å²) in [6.07, 6.45) is 0. The third-order valence-electron chi connectivity index (χ3n) is 4.42. The van der Waals surface area contributed by atoms with Gasteiger partial charge in [0.05, 0.1) is 13.9 Å². The van der Waals surface area contributed by atoms with E-state index in [2.05, 4.69) is 53.4 Å². The predicted octanol–water partition coefficient (Wildman–Crippen LogP) is 3.68. The van der Waals surface area contributed by atoms with Crippen molar-refractivity contribution < 1.29 is 0 Å². The molecular formula is C14H22P+. The molecule has 1 aromatic rings. The van der Waals surface area contributed by atoms with E-state index in [0.717, 1.165) is 11.3 Å². The molecule has 0 nitrogen and oxygen atoms in total. The smallest absolute Gasteiger partial charge is 0.0524 e. The van der Waals surface area contributed by atoms with Gasteiger partial charge in [0.15, 0.2) is 0 Å². The van der Waals surface area contributed by atoms with Gasteiger partial charge in [0.2, 0.25) is 0 Å². The fraction of sp³-hybridized carbons (Fsp3) is 0.571. The van der Waals surface area contributed by atoms with E-state index in [9.17, 15) is 0 Å². The zero-order chi connectivity index (χ0) is 11.4. The highest BCUT2D eigenvalue weighted by atomic mass is 31.2. The van der Waals surface area contributed by atoms with Crippen LogP contribution in [0.1, 0.15) is 30.5 Å². The first-order chi connectivity index (χ1) is 6.89. The van der Waals surface area contributed by atoms with Crippen LogP contribution in [0.15, 0.2) is 12.1 Å². The second kappa shape index (κ2) is 3.32. The summed E-state index contributed by atoms with van der Waals surface area (Å²) in [4.78, 5) is 0. The van der Waals surface area contributed by atoms with Gasteiger partial charge in [0.25, 0.3) is 0 Å². The van der Waals surface area contributed by atoms with Gasteiger partial charge in [-0.1, -0.05) is 17.7 Å². The maximum absolute atomic E-state index is 2.53. The molecule has 2 rings (SSSR count). The molecule has 2 atom stereocenters. The second-order valence-electron chi connectivity index (χ2n) is 5.38. The summed E-state index contributed by atoms with van der Waals surface area (Å²) >= 11 is 0. The Bertz CT molecular complexity index is 375. The quantitative estimate of drug-likeness (QED) is 0.635. The summed E-state index contributed by atoms with van der Waals surface area (Å²) in [5.74, 6) is 0. The van der Waals surface area contributed by atoms with Crippen LogP contribution in [0.25, 0.3) is 0 Å². The van der Waals surface area contributed by atoms with E-state index in [1.54, 1.807) is 5.30 Å². The molecule has 1 aromatic carbocycles. The summed E-state index contributed by atoms with van der Waals surface area (Å²) in [5.41, 5.74) is 6.34. The van der Waals surface area contributed by atoms with Crippen LogP contribution in [0, 0.1) is 20.8 Å². The van der Waals surface area contributed by atoms with Crippen molar-refractivity contribution in [2.24, 2.45) is 0 Å². The van der Waals surface area contributed by atoms with Gasteiger partial charge in [-0.3, -0.25) is 0 Å². The lowest BCUT2D eigenvalue weighted by molar-refractivity contribution is 1.05. The minimum Gasteiger partial charge on any atom is -0.0524 e. The molecule has 0 aromatic heterocycles. The van der Waals surface area contributed by atoms with Crippen molar-refractivity contribution in [3.05, 3.63) is 28.8 Å². The number of benzene rings is 1. The van der Waals surface area contributed by atoms with Crippen molar-refractivity contribution in [3.63, 3.8) is 0 Å². The first-order valence-electron chi connectivity index (χ1n) is 5.83. The average molecular weight is 221 g/mol. The van der Waals surface area contributed by atoms with Gasteiger partial charge in [-0.25, -0.2) is 0 Å². The molecule has 0 saturated carbocycles. The van der Waals surface area contributed by atoms with E-state index in [-0.39, 0.29) is 0 Å². The predicted molar refractivity (Wildman–Crippen MR) is 72.1 cm³/mol. The molecular weight excluding hydrogens is 199 g/mol. The van der Waals surface area contributed by atoms with Gasteiger partial charge in [-0.05, 0) is 45.7 Å². The highest BCUT2D eigenvalue weighted by Crippen LogP contribution is 2.80. The van der Waals surface area contributed by atoms with E-state index >= 15 is 0 Å². The molecule has 1 aliphatic rings. The van der Waals surface area contributed by atoms with Gasteiger partial charge < -0.3 is 0 Å². The van der Waals surface area contributed by atoms with Gasteiger partial charge in [0, 0.05) is 0 Å². The van der Waals surface area contributed by atoms with E-state index in [1.807, 2.05) is 0 Å². The van der Waals surface area contributed by atoms with Crippen molar-refractivity contribution in [2.45, 2.75) is 45.9 Å². The largest absolute Gasteiger partial charge is 0.108 e. The Morgan fingerprint density at radius 2 is 1.33 bits per heavy atom. The van der Waals surface area contributed by atoms with E-state index in [0.29, 0.717) is 0 Å². The maximum atomic E-state index is 2.53. The molecule has 0 amide bonds. The SMILES string of the molecule is Cc1cc(C)c([P+]2(C)[C@H](C)[C@H]2C)c(C)c1. The Morgan fingerprint density at radius 1 is 0.933 bits per heavy atom. The molecule has 0 radical (unpaired) electrons. The summed E-state index contributed by atoms with van der Waals surface area (Å²) in [6, 6.07) is 4.71. The number of rotatable bonds is 1. The molecule has 1 heteroatoms. The third kappa shape index (κ3) is 1.46. The van der Waals surface area contributed by atoms with Crippen LogP contribution in [0.4, 0.5) is 0 Å². The Kier molecular flexibility index (Phi) is 2.47. The second-order valence-corrected chi connectivity index (χ2v) is 9.75. The lowest BCUT2D eigenvalue weighted by Gasteiger charge is -2.12. The summed E-state index contributed by atoms with van der Waals surface area (Å²) in [6.45, 7) is 14.2. The van der Waals surface area contributed by atoms with Gasteiger partial charge in [0.1, 0.15) is 16.6 Å². The Morgan fingerprint density at radius 3 is 1.67 bits per heavy atom. The monoisotopic (exact) mass is 221 g/mol. The number of hydrogen-bond acceptors (Lipinski definition) is 0. The minimum atomic E-state index is -0.795. The molecule has 1 saturated heterocycles. The van der Waals surface area contributed by atoms with Crippen LogP contribution in [0.3, 0.4) is 0 Å². The molecule has 82 valence electrons. The van der Waals surface area contributed by atoms with Crippen molar-refractivity contribution in [1.82, 2.24) is 0 Å². The van der Waals surface area contributed by atoms with Crippen LogP contribution in [0.5, 0.6) is 0 Å². The van der Waals surface area contributed by atoms with Crippen molar-refractivity contribution in [3.8, 4) is 0 Å². The number of aryl methyl sites for hydroxylation is 3. The Labute approximate surface area is 94.4 Å². The lowest BCUT2D eigenvalue weighted by Crippen LogP contribution is -2.12. The van der Waals surface area contributed by atoms with E-state index in [4.69, 9.17) is 0 Å². The van der Waals surface area contributed by atoms with Crippen LogP contribution >= 0.6 is 7.26 Å². The molecule has 1 fully saturated rings. The topological polar surface area (TPSA) is 0 Å². The molecule has 1 heterocycles. The highest BCUT2D eigenvalue weighted by Gasteiger charge is 2.67. The molecule has 1 aliphatic heterocycles. The van der Waals surface area contributed by atoms with Crippen molar-refractivity contribution >= 4 is 12.6 Å². The normalized spacial score (nSPS) is 34.3. The first kappa shape index (κ1) is 11.1. The van der Waals surface area contributed by atoms with Crippen molar-refractivity contribution in [1.29, 1.82) is 0 Å². The zero-order valence-corrected chi connectivity index (χ0v) is 11.7. The third-order valence-corrected chi connectivity index (χ3v) is 10.0. The molecule has 0 bridgehead atoms.